The van der Waals surface area contributed by atoms with E-state index in [0.29, 0.717) is 6.04 Å². The van der Waals surface area contributed by atoms with E-state index in [9.17, 15) is 0 Å². The van der Waals surface area contributed by atoms with E-state index in [1.165, 1.54) is 32.1 Å². The third-order valence-electron chi connectivity index (χ3n) is 4.85. The first kappa shape index (κ1) is 14.4. The van der Waals surface area contributed by atoms with Crippen LogP contribution < -0.4 is 5.32 Å². The molecule has 1 aromatic rings. The second-order valence-electron chi connectivity index (χ2n) is 6.29. The van der Waals surface area contributed by atoms with Crippen LogP contribution in [0.3, 0.4) is 0 Å². The number of imidazole rings is 1. The number of nitrogens with zero attached hydrogens (tertiary/aromatic N) is 3. The van der Waals surface area contributed by atoms with Crippen molar-refractivity contribution in [3.8, 4) is 0 Å². The van der Waals surface area contributed by atoms with Gasteiger partial charge in [-0.25, -0.2) is 4.98 Å². The maximum Gasteiger partial charge on any atom is 0.128 e. The zero-order valence-electron chi connectivity index (χ0n) is 12.5. The zero-order valence-corrected chi connectivity index (χ0v) is 13.2. The van der Waals surface area contributed by atoms with Gasteiger partial charge in [0, 0.05) is 25.2 Å². The molecule has 0 aromatic carbocycles. The molecule has 2 aliphatic rings. The minimum Gasteiger partial charge on any atom is -0.321 e. The van der Waals surface area contributed by atoms with Crippen molar-refractivity contribution in [1.82, 2.24) is 19.8 Å². The Labute approximate surface area is 126 Å². The lowest BCUT2D eigenvalue weighted by Crippen LogP contribution is -2.48. The lowest BCUT2D eigenvalue weighted by molar-refractivity contribution is 0.130. The molecule has 2 aliphatic heterocycles. The lowest BCUT2D eigenvalue weighted by Gasteiger charge is -2.37. The fraction of sp³-hybridized carbons (Fsp3) is 0.800. The van der Waals surface area contributed by atoms with Crippen molar-refractivity contribution in [1.29, 1.82) is 0 Å². The van der Waals surface area contributed by atoms with Gasteiger partial charge in [-0.3, -0.25) is 4.90 Å². The molecule has 0 spiro atoms. The molecule has 0 aliphatic carbocycles. The highest BCUT2D eigenvalue weighted by molar-refractivity contribution is 6.29. The Morgan fingerprint density at radius 3 is 2.65 bits per heavy atom. The first-order valence-electron chi connectivity index (χ1n) is 7.83. The van der Waals surface area contributed by atoms with Crippen molar-refractivity contribution in [3.05, 3.63) is 17.2 Å². The third kappa shape index (κ3) is 2.87. The second-order valence-corrected chi connectivity index (χ2v) is 6.68. The molecule has 2 bridgehead atoms. The number of aromatic nitrogens is 2. The minimum atomic E-state index is 0.698. The maximum atomic E-state index is 6.10. The molecule has 1 aromatic heterocycles. The number of rotatable bonds is 5. The summed E-state index contributed by atoms with van der Waals surface area (Å²) < 4.78 is 2.00. The summed E-state index contributed by atoms with van der Waals surface area (Å²) in [5.74, 6) is 1.08. The van der Waals surface area contributed by atoms with Gasteiger partial charge in [0.1, 0.15) is 11.0 Å². The molecule has 0 radical (unpaired) electrons. The van der Waals surface area contributed by atoms with Crippen molar-refractivity contribution < 1.29 is 0 Å². The van der Waals surface area contributed by atoms with Gasteiger partial charge in [-0.2, -0.15) is 0 Å². The number of piperidine rings is 1. The van der Waals surface area contributed by atoms with Gasteiger partial charge in [0.25, 0.3) is 0 Å². The van der Waals surface area contributed by atoms with Gasteiger partial charge in [-0.05, 0) is 38.6 Å². The van der Waals surface area contributed by atoms with Crippen LogP contribution in [0.5, 0.6) is 0 Å². The van der Waals surface area contributed by atoms with Crippen molar-refractivity contribution in [2.45, 2.75) is 63.7 Å². The van der Waals surface area contributed by atoms with Crippen molar-refractivity contribution in [2.75, 3.05) is 6.54 Å². The summed E-state index contributed by atoms with van der Waals surface area (Å²) in [5.41, 5.74) is 0. The number of fused-ring (bicyclic) bond motifs is 2. The molecule has 3 rings (SSSR count). The number of nitrogens with one attached hydrogen (secondary N) is 1. The molecule has 4 nitrogen and oxygen atoms in total. The number of halogens is 1. The van der Waals surface area contributed by atoms with Crippen LogP contribution in [-0.4, -0.2) is 39.1 Å². The van der Waals surface area contributed by atoms with Crippen LogP contribution in [-0.2, 0) is 13.6 Å². The van der Waals surface area contributed by atoms with Crippen LogP contribution in [0.2, 0.25) is 5.15 Å². The van der Waals surface area contributed by atoms with E-state index in [2.05, 4.69) is 22.1 Å². The van der Waals surface area contributed by atoms with Gasteiger partial charge in [-0.1, -0.05) is 18.5 Å². The zero-order chi connectivity index (χ0) is 14.1. The molecule has 1 N–H and O–H groups in total. The van der Waals surface area contributed by atoms with Crippen molar-refractivity contribution >= 4 is 11.6 Å². The largest absolute Gasteiger partial charge is 0.321 e. The van der Waals surface area contributed by atoms with Gasteiger partial charge in [0.2, 0.25) is 0 Å². The summed E-state index contributed by atoms with van der Waals surface area (Å²) in [7, 11) is 2.00. The van der Waals surface area contributed by atoms with Gasteiger partial charge >= 0.3 is 0 Å². The molecule has 2 unspecified atom stereocenters. The highest BCUT2D eigenvalue weighted by Crippen LogP contribution is 2.30. The monoisotopic (exact) mass is 296 g/mol. The summed E-state index contributed by atoms with van der Waals surface area (Å²) in [6.07, 6.45) is 8.23. The van der Waals surface area contributed by atoms with Crippen LogP contribution in [0.15, 0.2) is 6.20 Å². The van der Waals surface area contributed by atoms with E-state index in [1.807, 2.05) is 11.6 Å². The predicted molar refractivity (Wildman–Crippen MR) is 81.9 cm³/mol. The molecular formula is C15H25ClN4. The van der Waals surface area contributed by atoms with Crippen molar-refractivity contribution in [3.63, 3.8) is 0 Å². The van der Waals surface area contributed by atoms with E-state index in [4.69, 9.17) is 11.6 Å². The van der Waals surface area contributed by atoms with Gasteiger partial charge < -0.3 is 9.88 Å². The highest BCUT2D eigenvalue weighted by Gasteiger charge is 2.36. The van der Waals surface area contributed by atoms with E-state index < -0.39 is 0 Å². The van der Waals surface area contributed by atoms with E-state index in [1.54, 1.807) is 6.20 Å². The molecule has 2 saturated heterocycles. The van der Waals surface area contributed by atoms with E-state index >= 15 is 0 Å². The molecule has 20 heavy (non-hydrogen) atoms. The summed E-state index contributed by atoms with van der Waals surface area (Å²) in [4.78, 5) is 7.08. The second kappa shape index (κ2) is 6.04. The smallest absolute Gasteiger partial charge is 0.128 e. The fourth-order valence-electron chi connectivity index (χ4n) is 3.76. The Balaban J connectivity index is 1.70. The van der Waals surface area contributed by atoms with Crippen LogP contribution in [0.25, 0.3) is 0 Å². The van der Waals surface area contributed by atoms with E-state index in [-0.39, 0.29) is 0 Å². The van der Waals surface area contributed by atoms with Crippen LogP contribution in [0.4, 0.5) is 0 Å². The maximum absolute atomic E-state index is 6.10. The summed E-state index contributed by atoms with van der Waals surface area (Å²) in [5, 5.41) is 4.45. The lowest BCUT2D eigenvalue weighted by atomic mass is 9.98. The quantitative estimate of drug-likeness (QED) is 0.906. The molecule has 0 amide bonds. The minimum absolute atomic E-state index is 0.698. The Bertz CT molecular complexity index is 447. The first-order chi connectivity index (χ1) is 9.67. The Hall–Kier alpha value is -0.580. The molecule has 3 heterocycles. The van der Waals surface area contributed by atoms with Crippen LogP contribution in [0, 0.1) is 0 Å². The Morgan fingerprint density at radius 1 is 1.40 bits per heavy atom. The normalized spacial score (nSPS) is 29.3. The number of hydrogen-bond donors (Lipinski definition) is 1. The third-order valence-corrected chi connectivity index (χ3v) is 5.20. The summed E-state index contributed by atoms with van der Waals surface area (Å²) >= 11 is 6.10. The fourth-order valence-corrected chi connectivity index (χ4v) is 3.90. The predicted octanol–water partition coefficient (Wildman–Crippen LogP) is 2.57. The average molecular weight is 297 g/mol. The number of hydrogen-bond acceptors (Lipinski definition) is 3. The highest BCUT2D eigenvalue weighted by atomic mass is 35.5. The Kier molecular flexibility index (Phi) is 4.34. The van der Waals surface area contributed by atoms with Crippen LogP contribution in [0.1, 0.15) is 44.9 Å². The SMILES string of the molecule is CCCN(Cc1ncc(Cl)n1C)C1CC2CCC(C1)N2. The van der Waals surface area contributed by atoms with E-state index in [0.717, 1.165) is 36.2 Å². The van der Waals surface area contributed by atoms with Gasteiger partial charge in [0.05, 0.1) is 12.7 Å². The molecule has 112 valence electrons. The van der Waals surface area contributed by atoms with Crippen molar-refractivity contribution in [2.24, 2.45) is 7.05 Å². The average Bonchev–Trinajstić information content (AvgIpc) is 2.94. The summed E-state index contributed by atoms with van der Waals surface area (Å²) in [6.45, 7) is 4.32. The standard InChI is InChI=1S/C15H25ClN4/c1-3-6-20(10-15-17-9-14(16)19(15)2)13-7-11-4-5-12(8-13)18-11/h9,11-13,18H,3-8,10H2,1-2H3. The summed E-state index contributed by atoms with van der Waals surface area (Å²) in [6, 6.07) is 2.18. The van der Waals surface area contributed by atoms with Gasteiger partial charge in [-0.15, -0.1) is 0 Å². The molecule has 5 heteroatoms. The van der Waals surface area contributed by atoms with Crippen LogP contribution >= 0.6 is 11.6 Å². The molecular weight excluding hydrogens is 272 g/mol. The van der Waals surface area contributed by atoms with Gasteiger partial charge in [0.15, 0.2) is 0 Å². The molecule has 0 saturated carbocycles. The Morgan fingerprint density at radius 2 is 2.10 bits per heavy atom. The topological polar surface area (TPSA) is 33.1 Å². The molecule has 2 fully saturated rings. The first-order valence-corrected chi connectivity index (χ1v) is 8.21. The molecule has 2 atom stereocenters.